The molecule has 12 rings (SSSR count). The summed E-state index contributed by atoms with van der Waals surface area (Å²) in [5, 5.41) is 15.7. The fourth-order valence-electron chi connectivity index (χ4n) is 9.08. The molecule has 0 radical (unpaired) electrons. The Labute approximate surface area is 319 Å². The zero-order valence-electron chi connectivity index (χ0n) is 29.1. The van der Waals surface area contributed by atoms with Gasteiger partial charge in [-0.2, -0.15) is 0 Å². The van der Waals surface area contributed by atoms with Crippen LogP contribution in [0.2, 0.25) is 0 Å². The predicted molar refractivity (Wildman–Crippen MR) is 239 cm³/mol. The predicted octanol–water partition coefficient (Wildman–Crippen LogP) is 16.0. The third kappa shape index (κ3) is 4.36. The molecule has 0 aliphatic heterocycles. The Morgan fingerprint density at radius 2 is 0.759 bits per heavy atom. The van der Waals surface area contributed by atoms with Gasteiger partial charge in [0.05, 0.1) is 0 Å². The summed E-state index contributed by atoms with van der Waals surface area (Å²) in [4.78, 5) is 0. The summed E-state index contributed by atoms with van der Waals surface area (Å²) in [5.74, 6) is 0. The summed E-state index contributed by atoms with van der Waals surface area (Å²) in [6.45, 7) is 0. The SMILES string of the molecule is c1ccc(-c2c3ccccc3c(-c3ccc4cc(-c5c6ccccc6cc6c5sc5ccc7sc8ccccc8c7c56)ccc4c3)c3ccccc23)cc1. The molecule has 2 aromatic heterocycles. The number of fused-ring (bicyclic) bond motifs is 11. The van der Waals surface area contributed by atoms with Crippen LogP contribution in [0.15, 0.2) is 182 Å². The summed E-state index contributed by atoms with van der Waals surface area (Å²) < 4.78 is 5.41. The molecule has 0 bridgehead atoms. The second kappa shape index (κ2) is 11.6. The minimum absolute atomic E-state index is 1.24. The molecule has 0 fully saturated rings. The van der Waals surface area contributed by atoms with Crippen molar-refractivity contribution in [1.82, 2.24) is 0 Å². The van der Waals surface area contributed by atoms with Crippen molar-refractivity contribution in [3.63, 3.8) is 0 Å². The van der Waals surface area contributed by atoms with E-state index in [0.717, 1.165) is 0 Å². The Bertz CT molecular complexity index is 3430. The fourth-order valence-corrected chi connectivity index (χ4v) is 11.5. The van der Waals surface area contributed by atoms with Gasteiger partial charge in [0.25, 0.3) is 0 Å². The van der Waals surface area contributed by atoms with Gasteiger partial charge in [-0.1, -0.05) is 146 Å². The molecular formula is C52H30S2. The largest absolute Gasteiger partial charge is 0.135 e. The van der Waals surface area contributed by atoms with Crippen LogP contribution in [0.5, 0.6) is 0 Å². The Morgan fingerprint density at radius 1 is 0.259 bits per heavy atom. The third-order valence-corrected chi connectivity index (χ3v) is 13.7. The maximum atomic E-state index is 2.43. The van der Waals surface area contributed by atoms with Crippen LogP contribution in [0.4, 0.5) is 0 Å². The van der Waals surface area contributed by atoms with Gasteiger partial charge in [-0.05, 0) is 107 Å². The molecule has 0 N–H and O–H groups in total. The molecule has 0 saturated carbocycles. The van der Waals surface area contributed by atoms with Gasteiger partial charge in [-0.15, -0.1) is 22.7 Å². The van der Waals surface area contributed by atoms with Crippen LogP contribution < -0.4 is 0 Å². The molecule has 0 aliphatic carbocycles. The Balaban J connectivity index is 1.08. The highest BCUT2D eigenvalue weighted by Gasteiger charge is 2.20. The van der Waals surface area contributed by atoms with Gasteiger partial charge in [0.1, 0.15) is 0 Å². The molecule has 12 aromatic rings. The van der Waals surface area contributed by atoms with Gasteiger partial charge < -0.3 is 0 Å². The van der Waals surface area contributed by atoms with Crippen LogP contribution in [0.1, 0.15) is 0 Å². The van der Waals surface area contributed by atoms with Crippen LogP contribution in [0.25, 0.3) is 117 Å². The van der Waals surface area contributed by atoms with Crippen molar-refractivity contribution in [1.29, 1.82) is 0 Å². The number of hydrogen-bond donors (Lipinski definition) is 0. The number of hydrogen-bond acceptors (Lipinski definition) is 2. The molecule has 250 valence electrons. The minimum atomic E-state index is 1.24. The van der Waals surface area contributed by atoms with Crippen LogP contribution in [-0.2, 0) is 0 Å². The summed E-state index contributed by atoms with van der Waals surface area (Å²) in [6.07, 6.45) is 0. The molecule has 0 saturated heterocycles. The molecule has 2 heteroatoms. The van der Waals surface area contributed by atoms with Gasteiger partial charge in [-0.3, -0.25) is 0 Å². The lowest BCUT2D eigenvalue weighted by molar-refractivity contribution is 1.66. The van der Waals surface area contributed by atoms with E-state index in [0.29, 0.717) is 0 Å². The second-order valence-electron chi connectivity index (χ2n) is 14.3. The van der Waals surface area contributed by atoms with Crippen LogP contribution in [0, 0.1) is 0 Å². The molecule has 0 spiro atoms. The highest BCUT2D eigenvalue weighted by molar-refractivity contribution is 7.28. The first kappa shape index (κ1) is 30.2. The first-order chi connectivity index (χ1) is 26.8. The van der Waals surface area contributed by atoms with Crippen LogP contribution in [0.3, 0.4) is 0 Å². The zero-order chi connectivity index (χ0) is 35.3. The van der Waals surface area contributed by atoms with E-state index in [1.807, 2.05) is 22.7 Å². The molecule has 2 heterocycles. The fraction of sp³-hybridized carbons (Fsp3) is 0. The lowest BCUT2D eigenvalue weighted by Crippen LogP contribution is -1.91. The second-order valence-corrected chi connectivity index (χ2v) is 16.5. The monoisotopic (exact) mass is 718 g/mol. The highest BCUT2D eigenvalue weighted by Crippen LogP contribution is 2.50. The summed E-state index contributed by atoms with van der Waals surface area (Å²) in [5.41, 5.74) is 7.67. The normalized spacial score (nSPS) is 12.1. The molecule has 0 nitrogen and oxygen atoms in total. The van der Waals surface area contributed by atoms with Gasteiger partial charge in [0.2, 0.25) is 0 Å². The van der Waals surface area contributed by atoms with Gasteiger partial charge >= 0.3 is 0 Å². The topological polar surface area (TPSA) is 0 Å². The standard InChI is InChI=1S/C52H30S2/c1-2-12-31(13-3-1)47-38-16-6-8-18-40(38)48(41-19-9-7-17-39(41)47)35-24-22-33-29-36(25-23-32(33)28-35)49-37-15-5-4-14-34(37)30-43-51-46(54-52(43)49)27-26-45-50(51)42-20-10-11-21-44(42)53-45/h1-30H. The van der Waals surface area contributed by atoms with Crippen molar-refractivity contribution in [2.24, 2.45) is 0 Å². The molecule has 54 heavy (non-hydrogen) atoms. The summed E-state index contributed by atoms with van der Waals surface area (Å²) in [7, 11) is 0. The Hall–Kier alpha value is -6.32. The first-order valence-electron chi connectivity index (χ1n) is 18.5. The smallest absolute Gasteiger partial charge is 0.0440 e. The van der Waals surface area contributed by atoms with E-state index in [1.54, 1.807) is 0 Å². The van der Waals surface area contributed by atoms with Crippen molar-refractivity contribution >= 4 is 106 Å². The minimum Gasteiger partial charge on any atom is -0.135 e. The molecule has 0 unspecified atom stereocenters. The van der Waals surface area contributed by atoms with Crippen molar-refractivity contribution in [2.45, 2.75) is 0 Å². The van der Waals surface area contributed by atoms with Crippen molar-refractivity contribution in [3.8, 4) is 33.4 Å². The highest BCUT2D eigenvalue weighted by atomic mass is 32.1. The van der Waals surface area contributed by atoms with Gasteiger partial charge in [-0.25, -0.2) is 0 Å². The van der Waals surface area contributed by atoms with Gasteiger partial charge in [0.15, 0.2) is 0 Å². The lowest BCUT2D eigenvalue weighted by Gasteiger charge is -2.18. The van der Waals surface area contributed by atoms with E-state index in [2.05, 4.69) is 182 Å². The quantitative estimate of drug-likeness (QED) is 0.160. The van der Waals surface area contributed by atoms with E-state index < -0.39 is 0 Å². The van der Waals surface area contributed by atoms with Crippen LogP contribution >= 0.6 is 22.7 Å². The van der Waals surface area contributed by atoms with Crippen molar-refractivity contribution in [2.75, 3.05) is 0 Å². The maximum Gasteiger partial charge on any atom is 0.0440 e. The summed E-state index contributed by atoms with van der Waals surface area (Å²) in [6, 6.07) is 67.7. The van der Waals surface area contributed by atoms with Crippen LogP contribution in [-0.4, -0.2) is 0 Å². The number of rotatable bonds is 3. The average Bonchev–Trinajstić information content (AvgIpc) is 3.79. The number of thiophene rings is 2. The third-order valence-electron chi connectivity index (χ3n) is 11.4. The Morgan fingerprint density at radius 3 is 1.43 bits per heavy atom. The molecular weight excluding hydrogens is 689 g/mol. The summed E-state index contributed by atoms with van der Waals surface area (Å²) >= 11 is 3.83. The van der Waals surface area contributed by atoms with E-state index in [4.69, 9.17) is 0 Å². The molecule has 0 aliphatic rings. The van der Waals surface area contributed by atoms with E-state index in [9.17, 15) is 0 Å². The molecule has 0 amide bonds. The molecule has 10 aromatic carbocycles. The van der Waals surface area contributed by atoms with Gasteiger partial charge in [0, 0.05) is 45.9 Å². The molecule has 0 atom stereocenters. The maximum absolute atomic E-state index is 2.43. The van der Waals surface area contributed by atoms with E-state index in [-0.39, 0.29) is 0 Å². The lowest BCUT2D eigenvalue weighted by atomic mass is 9.85. The first-order valence-corrected chi connectivity index (χ1v) is 20.1. The average molecular weight is 719 g/mol. The van der Waals surface area contributed by atoms with E-state index >= 15 is 0 Å². The number of benzene rings is 10. The van der Waals surface area contributed by atoms with E-state index in [1.165, 1.54) is 117 Å². The zero-order valence-corrected chi connectivity index (χ0v) is 30.8. The Kier molecular flexibility index (Phi) is 6.48. The van der Waals surface area contributed by atoms with Crippen molar-refractivity contribution < 1.29 is 0 Å². The van der Waals surface area contributed by atoms with Crippen molar-refractivity contribution in [3.05, 3.63) is 182 Å².